The number of fused-ring (bicyclic) bond motifs is 1. The van der Waals surface area contributed by atoms with E-state index >= 15 is 0 Å². The van der Waals surface area contributed by atoms with Crippen molar-refractivity contribution in [2.24, 2.45) is 0 Å². The molecule has 0 spiro atoms. The van der Waals surface area contributed by atoms with Gasteiger partial charge >= 0.3 is 6.03 Å². The van der Waals surface area contributed by atoms with Crippen molar-refractivity contribution in [1.29, 1.82) is 0 Å². The smallest absolute Gasteiger partial charge is 0.318 e. The van der Waals surface area contributed by atoms with E-state index in [-0.39, 0.29) is 17.1 Å². The van der Waals surface area contributed by atoms with Crippen molar-refractivity contribution in [2.45, 2.75) is 72.4 Å². The zero-order valence-corrected chi connectivity index (χ0v) is 21.7. The molecule has 34 heavy (non-hydrogen) atoms. The topological polar surface area (TPSA) is 67.2 Å². The van der Waals surface area contributed by atoms with Crippen molar-refractivity contribution < 1.29 is 4.79 Å². The van der Waals surface area contributed by atoms with Crippen LogP contribution in [0.1, 0.15) is 71.3 Å². The normalized spacial score (nSPS) is 12.6. The summed E-state index contributed by atoms with van der Waals surface area (Å²) in [6.45, 7) is 12.5. The van der Waals surface area contributed by atoms with Gasteiger partial charge in [0.05, 0.1) is 22.6 Å². The molecule has 0 aliphatic heterocycles. The Labute approximate surface area is 206 Å². The molecule has 1 unspecified atom stereocenters. The number of carbonyl (C=O) groups is 1. The molecule has 1 heterocycles. The van der Waals surface area contributed by atoms with Crippen molar-refractivity contribution in [2.75, 3.05) is 6.54 Å². The summed E-state index contributed by atoms with van der Waals surface area (Å²) >= 11 is 6.22. The largest absolute Gasteiger partial charge is 0.333 e. The highest BCUT2D eigenvalue weighted by molar-refractivity contribution is 6.31. The Balaban J connectivity index is 2.20. The highest BCUT2D eigenvalue weighted by Gasteiger charge is 2.28. The Bertz CT molecular complexity index is 1210. The third-order valence-corrected chi connectivity index (χ3v) is 5.97. The van der Waals surface area contributed by atoms with E-state index in [4.69, 9.17) is 16.6 Å². The number of amides is 2. The first kappa shape index (κ1) is 25.8. The van der Waals surface area contributed by atoms with E-state index in [1.165, 1.54) is 0 Å². The highest BCUT2D eigenvalue weighted by atomic mass is 35.5. The lowest BCUT2D eigenvalue weighted by molar-refractivity contribution is 0.166. The summed E-state index contributed by atoms with van der Waals surface area (Å²) in [7, 11) is 0. The van der Waals surface area contributed by atoms with Crippen LogP contribution in [-0.4, -0.2) is 32.6 Å². The maximum atomic E-state index is 13.7. The molecule has 0 aliphatic rings. The zero-order valence-electron chi connectivity index (χ0n) is 21.0. The number of halogens is 1. The van der Waals surface area contributed by atoms with Crippen molar-refractivity contribution in [3.05, 3.63) is 69.2 Å². The summed E-state index contributed by atoms with van der Waals surface area (Å²) in [5.74, 6) is 0.504. The number of benzene rings is 2. The van der Waals surface area contributed by atoms with Gasteiger partial charge in [-0.2, -0.15) is 0 Å². The maximum Gasteiger partial charge on any atom is 0.318 e. The molecule has 2 amide bonds. The van der Waals surface area contributed by atoms with Crippen molar-refractivity contribution in [3.63, 3.8) is 0 Å². The summed E-state index contributed by atoms with van der Waals surface area (Å²) in [6.07, 6.45) is 2.92. The lowest BCUT2D eigenvalue weighted by Gasteiger charge is -2.33. The Hall–Kier alpha value is -2.86. The summed E-state index contributed by atoms with van der Waals surface area (Å²) < 4.78 is 1.62. The molecule has 0 radical (unpaired) electrons. The molecule has 0 fully saturated rings. The van der Waals surface area contributed by atoms with Gasteiger partial charge in [0, 0.05) is 17.1 Å². The molecule has 3 aromatic rings. The number of carbonyl (C=O) groups excluding carboxylic acids is 1. The van der Waals surface area contributed by atoms with Gasteiger partial charge in [0.2, 0.25) is 0 Å². The number of aromatic nitrogens is 2. The molecule has 0 saturated carbocycles. The van der Waals surface area contributed by atoms with Crippen molar-refractivity contribution in [1.82, 2.24) is 19.8 Å². The van der Waals surface area contributed by atoms with E-state index in [1.54, 1.807) is 27.7 Å². The van der Waals surface area contributed by atoms with Gasteiger partial charge in [-0.05, 0) is 71.4 Å². The quantitative estimate of drug-likeness (QED) is 0.395. The second kappa shape index (κ2) is 10.6. The van der Waals surface area contributed by atoms with Crippen LogP contribution in [-0.2, 0) is 0 Å². The number of nitrogens with zero attached hydrogens (tertiary/aromatic N) is 3. The van der Waals surface area contributed by atoms with Gasteiger partial charge in [0.1, 0.15) is 5.82 Å². The zero-order chi connectivity index (χ0) is 25.0. The summed E-state index contributed by atoms with van der Waals surface area (Å²) in [5, 5.41) is 4.07. The first-order valence-electron chi connectivity index (χ1n) is 11.9. The van der Waals surface area contributed by atoms with Gasteiger partial charge in [-0.1, -0.05) is 49.1 Å². The van der Waals surface area contributed by atoms with Gasteiger partial charge in [0.25, 0.3) is 5.56 Å². The molecule has 182 valence electrons. The Morgan fingerprint density at radius 2 is 1.82 bits per heavy atom. The predicted octanol–water partition coefficient (Wildman–Crippen LogP) is 6.41. The summed E-state index contributed by atoms with van der Waals surface area (Å²) in [6, 6.07) is 12.2. The minimum atomic E-state index is -0.448. The van der Waals surface area contributed by atoms with Crippen LogP contribution in [0.2, 0.25) is 5.02 Å². The average Bonchev–Trinajstić information content (AvgIpc) is 2.75. The van der Waals surface area contributed by atoms with Gasteiger partial charge in [-0.25, -0.2) is 9.78 Å². The molecule has 2 aromatic carbocycles. The van der Waals surface area contributed by atoms with E-state index in [9.17, 15) is 9.59 Å². The fourth-order valence-corrected chi connectivity index (χ4v) is 4.10. The van der Waals surface area contributed by atoms with Crippen LogP contribution < -0.4 is 10.9 Å². The monoisotopic (exact) mass is 482 g/mol. The number of urea groups is 1. The summed E-state index contributed by atoms with van der Waals surface area (Å²) in [5.41, 5.74) is 1.76. The second-order valence-corrected chi connectivity index (χ2v) is 10.3. The standard InChI is InChI=1S/C27H35ClN4O2/c1-7-8-9-16-31(26(34)30-27(4,5)6)19(3)24-29-23-17-20(28)12-15-22(23)25(33)32(24)21-13-10-18(2)11-14-21/h10-15,17,19H,7-9,16H2,1-6H3,(H,30,34). The Morgan fingerprint density at radius 3 is 2.44 bits per heavy atom. The van der Waals surface area contributed by atoms with Crippen LogP contribution in [0.4, 0.5) is 4.79 Å². The number of aryl methyl sites for hydroxylation is 1. The molecule has 6 nitrogen and oxygen atoms in total. The van der Waals surface area contributed by atoms with Gasteiger partial charge in [-0.15, -0.1) is 0 Å². The molecule has 1 atom stereocenters. The maximum absolute atomic E-state index is 13.7. The van der Waals surface area contributed by atoms with Gasteiger partial charge in [-0.3, -0.25) is 9.36 Å². The van der Waals surface area contributed by atoms with E-state index in [0.29, 0.717) is 34.0 Å². The van der Waals surface area contributed by atoms with Crippen LogP contribution in [0.5, 0.6) is 0 Å². The first-order valence-corrected chi connectivity index (χ1v) is 12.3. The van der Waals surface area contributed by atoms with Crippen molar-refractivity contribution >= 4 is 28.5 Å². The molecule has 1 N–H and O–H groups in total. The fourth-order valence-electron chi connectivity index (χ4n) is 3.93. The molecule has 7 heteroatoms. The van der Waals surface area contributed by atoms with Crippen LogP contribution in [0.15, 0.2) is 47.3 Å². The highest BCUT2D eigenvalue weighted by Crippen LogP contribution is 2.25. The third kappa shape index (κ3) is 5.98. The number of unbranched alkanes of at least 4 members (excludes halogenated alkanes) is 2. The molecular weight excluding hydrogens is 448 g/mol. The minimum Gasteiger partial charge on any atom is -0.333 e. The molecule has 0 aliphatic carbocycles. The molecule has 3 rings (SSSR count). The second-order valence-electron chi connectivity index (χ2n) is 9.86. The minimum absolute atomic E-state index is 0.174. The first-order chi connectivity index (χ1) is 16.0. The predicted molar refractivity (Wildman–Crippen MR) is 140 cm³/mol. The van der Waals surface area contributed by atoms with E-state index in [1.807, 2.05) is 58.9 Å². The Morgan fingerprint density at radius 1 is 1.15 bits per heavy atom. The lowest BCUT2D eigenvalue weighted by Crippen LogP contribution is -2.50. The van der Waals surface area contributed by atoms with E-state index in [0.717, 1.165) is 24.8 Å². The number of hydrogen-bond acceptors (Lipinski definition) is 3. The third-order valence-electron chi connectivity index (χ3n) is 5.74. The van der Waals surface area contributed by atoms with Crippen LogP contribution in [0.3, 0.4) is 0 Å². The molecular formula is C27H35ClN4O2. The lowest BCUT2D eigenvalue weighted by atomic mass is 10.1. The molecule has 1 aromatic heterocycles. The van der Waals surface area contributed by atoms with E-state index < -0.39 is 6.04 Å². The van der Waals surface area contributed by atoms with Crippen LogP contribution in [0.25, 0.3) is 16.6 Å². The van der Waals surface area contributed by atoms with Gasteiger partial charge in [0.15, 0.2) is 0 Å². The number of nitrogens with one attached hydrogen (secondary N) is 1. The fraction of sp³-hybridized carbons (Fsp3) is 0.444. The summed E-state index contributed by atoms with van der Waals surface area (Å²) in [4.78, 5) is 33.7. The average molecular weight is 483 g/mol. The Kier molecular flexibility index (Phi) is 8.03. The van der Waals surface area contributed by atoms with E-state index in [2.05, 4.69) is 12.2 Å². The van der Waals surface area contributed by atoms with Crippen LogP contribution >= 0.6 is 11.6 Å². The number of rotatable bonds is 7. The molecule has 0 bridgehead atoms. The SMILES string of the molecule is CCCCCN(C(=O)NC(C)(C)C)C(C)c1nc2cc(Cl)ccc2c(=O)n1-c1ccc(C)cc1. The van der Waals surface area contributed by atoms with Crippen molar-refractivity contribution in [3.8, 4) is 5.69 Å². The molecule has 0 saturated heterocycles. The van der Waals surface area contributed by atoms with Crippen LogP contribution in [0, 0.1) is 6.92 Å². The van der Waals surface area contributed by atoms with Gasteiger partial charge < -0.3 is 10.2 Å². The number of hydrogen-bond donors (Lipinski definition) is 1.